The van der Waals surface area contributed by atoms with Crippen molar-refractivity contribution in [3.05, 3.63) is 0 Å². The van der Waals surface area contributed by atoms with Crippen molar-refractivity contribution < 1.29 is 0 Å². The van der Waals surface area contributed by atoms with Gasteiger partial charge in [0.1, 0.15) is 0 Å². The van der Waals surface area contributed by atoms with E-state index in [9.17, 15) is 0 Å². The molecule has 2 aliphatic rings. The normalized spacial score (nSPS) is 34.4. The molecule has 0 saturated heterocycles. The highest BCUT2D eigenvalue weighted by Gasteiger charge is 2.30. The van der Waals surface area contributed by atoms with Gasteiger partial charge < -0.3 is 5.32 Å². The van der Waals surface area contributed by atoms with Gasteiger partial charge in [0.25, 0.3) is 0 Å². The fourth-order valence-electron chi connectivity index (χ4n) is 4.32. The highest BCUT2D eigenvalue weighted by atomic mass is 14.9. The molecule has 0 aromatic rings. The van der Waals surface area contributed by atoms with Crippen molar-refractivity contribution in [2.24, 2.45) is 23.7 Å². The standard InChI is InChI=1S/C18H35N/c1-14(2)17-11-10-15(3)12-18(17)19-13-16-8-6-4-5-7-9-16/h14-19H,4-13H2,1-3H3. The summed E-state index contributed by atoms with van der Waals surface area (Å²) < 4.78 is 0. The first kappa shape index (κ1) is 15.4. The Kier molecular flexibility index (Phi) is 6.19. The van der Waals surface area contributed by atoms with Gasteiger partial charge in [0, 0.05) is 6.04 Å². The van der Waals surface area contributed by atoms with Crippen molar-refractivity contribution in [1.29, 1.82) is 0 Å². The van der Waals surface area contributed by atoms with Gasteiger partial charge in [-0.1, -0.05) is 52.9 Å². The molecule has 3 atom stereocenters. The fourth-order valence-corrected chi connectivity index (χ4v) is 4.32. The van der Waals surface area contributed by atoms with Gasteiger partial charge in [0.15, 0.2) is 0 Å². The van der Waals surface area contributed by atoms with Gasteiger partial charge in [-0.05, 0) is 55.9 Å². The lowest BCUT2D eigenvalue weighted by atomic mass is 9.74. The van der Waals surface area contributed by atoms with Crippen LogP contribution in [0, 0.1) is 23.7 Å². The summed E-state index contributed by atoms with van der Waals surface area (Å²) in [4.78, 5) is 0. The van der Waals surface area contributed by atoms with Crippen LogP contribution in [0.25, 0.3) is 0 Å². The Balaban J connectivity index is 1.80. The molecule has 0 spiro atoms. The predicted molar refractivity (Wildman–Crippen MR) is 84.3 cm³/mol. The van der Waals surface area contributed by atoms with Gasteiger partial charge in [0.2, 0.25) is 0 Å². The van der Waals surface area contributed by atoms with Crippen LogP contribution in [0.3, 0.4) is 0 Å². The van der Waals surface area contributed by atoms with Crippen LogP contribution >= 0.6 is 0 Å². The first-order chi connectivity index (χ1) is 9.16. The van der Waals surface area contributed by atoms with Crippen molar-refractivity contribution >= 4 is 0 Å². The predicted octanol–water partition coefficient (Wildman–Crippen LogP) is 5.01. The minimum Gasteiger partial charge on any atom is -0.313 e. The minimum atomic E-state index is 0.798. The van der Waals surface area contributed by atoms with Crippen LogP contribution in [0.1, 0.15) is 78.6 Å². The third-order valence-electron chi connectivity index (χ3n) is 5.67. The monoisotopic (exact) mass is 265 g/mol. The lowest BCUT2D eigenvalue weighted by Crippen LogP contribution is -2.44. The van der Waals surface area contributed by atoms with E-state index in [1.165, 1.54) is 64.3 Å². The van der Waals surface area contributed by atoms with Crippen LogP contribution in [-0.4, -0.2) is 12.6 Å². The summed E-state index contributed by atoms with van der Waals surface area (Å²) in [5, 5.41) is 3.98. The van der Waals surface area contributed by atoms with E-state index >= 15 is 0 Å². The van der Waals surface area contributed by atoms with Crippen molar-refractivity contribution in [3.8, 4) is 0 Å². The van der Waals surface area contributed by atoms with Gasteiger partial charge in [-0.15, -0.1) is 0 Å². The van der Waals surface area contributed by atoms with E-state index in [0.29, 0.717) is 0 Å². The van der Waals surface area contributed by atoms with E-state index in [1.807, 2.05) is 0 Å². The summed E-state index contributed by atoms with van der Waals surface area (Å²) in [5.41, 5.74) is 0. The molecule has 2 fully saturated rings. The number of hydrogen-bond donors (Lipinski definition) is 1. The molecule has 19 heavy (non-hydrogen) atoms. The second kappa shape index (κ2) is 7.67. The van der Waals surface area contributed by atoms with E-state index in [4.69, 9.17) is 0 Å². The summed E-state index contributed by atoms with van der Waals surface area (Å²) in [5.74, 6) is 3.66. The Morgan fingerprint density at radius 1 is 0.947 bits per heavy atom. The number of hydrogen-bond acceptors (Lipinski definition) is 1. The zero-order valence-electron chi connectivity index (χ0n) is 13.5. The highest BCUT2D eigenvalue weighted by molar-refractivity contribution is 4.86. The molecule has 1 N–H and O–H groups in total. The summed E-state index contributed by atoms with van der Waals surface area (Å²) >= 11 is 0. The van der Waals surface area contributed by atoms with Crippen LogP contribution in [0.15, 0.2) is 0 Å². The molecular weight excluding hydrogens is 230 g/mol. The quantitative estimate of drug-likeness (QED) is 0.705. The Hall–Kier alpha value is -0.0400. The number of rotatable bonds is 4. The van der Waals surface area contributed by atoms with Crippen molar-refractivity contribution in [3.63, 3.8) is 0 Å². The van der Waals surface area contributed by atoms with Gasteiger partial charge in [-0.3, -0.25) is 0 Å². The molecule has 2 saturated carbocycles. The van der Waals surface area contributed by atoms with E-state index in [1.54, 1.807) is 0 Å². The summed E-state index contributed by atoms with van der Waals surface area (Å²) in [7, 11) is 0. The molecule has 0 aromatic heterocycles. The van der Waals surface area contributed by atoms with E-state index in [2.05, 4.69) is 26.1 Å². The Bertz CT molecular complexity index is 240. The molecule has 0 heterocycles. The lowest BCUT2D eigenvalue weighted by Gasteiger charge is -2.38. The van der Waals surface area contributed by atoms with Crippen molar-refractivity contribution in [2.45, 2.75) is 84.6 Å². The zero-order valence-corrected chi connectivity index (χ0v) is 13.5. The smallest absolute Gasteiger partial charge is 0.0100 e. The SMILES string of the molecule is CC1CCC(C(C)C)C(NCC2CCCCCC2)C1. The minimum absolute atomic E-state index is 0.798. The molecule has 112 valence electrons. The molecule has 2 aliphatic carbocycles. The van der Waals surface area contributed by atoms with Gasteiger partial charge >= 0.3 is 0 Å². The van der Waals surface area contributed by atoms with Gasteiger partial charge in [-0.25, -0.2) is 0 Å². The maximum Gasteiger partial charge on any atom is 0.0100 e. The third kappa shape index (κ3) is 4.77. The molecule has 0 bridgehead atoms. The maximum absolute atomic E-state index is 3.98. The van der Waals surface area contributed by atoms with Crippen LogP contribution in [0.4, 0.5) is 0 Å². The average Bonchev–Trinajstić information content (AvgIpc) is 2.64. The second-order valence-corrected chi connectivity index (χ2v) is 7.70. The van der Waals surface area contributed by atoms with Crippen molar-refractivity contribution in [2.75, 3.05) is 6.54 Å². The molecular formula is C18H35N. The Morgan fingerprint density at radius 3 is 2.26 bits per heavy atom. The first-order valence-corrected chi connectivity index (χ1v) is 8.90. The lowest BCUT2D eigenvalue weighted by molar-refractivity contribution is 0.164. The summed E-state index contributed by atoms with van der Waals surface area (Å²) in [6, 6.07) is 0.798. The average molecular weight is 265 g/mol. The highest BCUT2D eigenvalue weighted by Crippen LogP contribution is 2.34. The molecule has 1 nitrogen and oxygen atoms in total. The van der Waals surface area contributed by atoms with Crippen LogP contribution in [0.5, 0.6) is 0 Å². The Morgan fingerprint density at radius 2 is 1.63 bits per heavy atom. The molecule has 0 aliphatic heterocycles. The first-order valence-electron chi connectivity index (χ1n) is 8.90. The van der Waals surface area contributed by atoms with Crippen LogP contribution in [-0.2, 0) is 0 Å². The number of nitrogens with one attached hydrogen (secondary N) is 1. The van der Waals surface area contributed by atoms with E-state index in [0.717, 1.165) is 29.7 Å². The molecule has 0 aromatic carbocycles. The topological polar surface area (TPSA) is 12.0 Å². The van der Waals surface area contributed by atoms with Crippen LogP contribution < -0.4 is 5.32 Å². The largest absolute Gasteiger partial charge is 0.313 e. The molecule has 0 amide bonds. The third-order valence-corrected chi connectivity index (χ3v) is 5.67. The summed E-state index contributed by atoms with van der Waals surface area (Å²) in [6.07, 6.45) is 13.2. The molecule has 3 unspecified atom stereocenters. The fraction of sp³-hybridized carbons (Fsp3) is 1.00. The summed E-state index contributed by atoms with van der Waals surface area (Å²) in [6.45, 7) is 8.57. The van der Waals surface area contributed by atoms with Crippen LogP contribution in [0.2, 0.25) is 0 Å². The van der Waals surface area contributed by atoms with Crippen molar-refractivity contribution in [1.82, 2.24) is 5.32 Å². The van der Waals surface area contributed by atoms with Gasteiger partial charge in [0.05, 0.1) is 0 Å². The van der Waals surface area contributed by atoms with E-state index < -0.39 is 0 Å². The molecule has 0 radical (unpaired) electrons. The van der Waals surface area contributed by atoms with Gasteiger partial charge in [-0.2, -0.15) is 0 Å². The molecule has 1 heteroatoms. The Labute approximate surface area is 120 Å². The van der Waals surface area contributed by atoms with E-state index in [-0.39, 0.29) is 0 Å². The zero-order chi connectivity index (χ0) is 13.7. The second-order valence-electron chi connectivity index (χ2n) is 7.70. The molecule has 2 rings (SSSR count). The maximum atomic E-state index is 3.98.